The molecule has 188 valence electrons. The van der Waals surface area contributed by atoms with Crippen LogP contribution in [0.15, 0.2) is 59.9 Å². The monoisotopic (exact) mass is 501 g/mol. The van der Waals surface area contributed by atoms with E-state index < -0.39 is 30.5 Å². The van der Waals surface area contributed by atoms with Gasteiger partial charge in [0.2, 0.25) is 0 Å². The molecule has 0 saturated carbocycles. The SMILES string of the molecule is CCCCC(O)(/N=C(\N)c1ccc(-c2ncn(-c3ccc(OC(F)(F)F)cc3)n2)cc1)C(F)(F)F. The molecule has 0 aliphatic rings. The zero-order chi connectivity index (χ0) is 25.9. The van der Waals surface area contributed by atoms with Crippen LogP contribution >= 0.6 is 0 Å². The van der Waals surface area contributed by atoms with E-state index in [1.807, 2.05) is 0 Å². The van der Waals surface area contributed by atoms with Crippen molar-refractivity contribution in [1.29, 1.82) is 0 Å². The van der Waals surface area contributed by atoms with Crippen molar-refractivity contribution in [1.82, 2.24) is 14.8 Å². The molecule has 7 nitrogen and oxygen atoms in total. The van der Waals surface area contributed by atoms with Crippen LogP contribution in [0.25, 0.3) is 17.1 Å². The third-order valence-electron chi connectivity index (χ3n) is 4.90. The first-order chi connectivity index (χ1) is 16.3. The molecule has 0 bridgehead atoms. The molecule has 1 aromatic heterocycles. The van der Waals surface area contributed by atoms with Crippen LogP contribution in [-0.4, -0.2) is 44.0 Å². The lowest BCUT2D eigenvalue weighted by Crippen LogP contribution is -2.45. The Hall–Kier alpha value is -3.61. The highest BCUT2D eigenvalue weighted by molar-refractivity contribution is 5.98. The largest absolute Gasteiger partial charge is 0.573 e. The van der Waals surface area contributed by atoms with Crippen molar-refractivity contribution in [3.63, 3.8) is 0 Å². The zero-order valence-corrected chi connectivity index (χ0v) is 18.3. The number of amidine groups is 1. The summed E-state index contributed by atoms with van der Waals surface area (Å²) < 4.78 is 82.0. The third kappa shape index (κ3) is 6.50. The second-order valence-corrected chi connectivity index (χ2v) is 7.55. The second kappa shape index (κ2) is 9.94. The van der Waals surface area contributed by atoms with Gasteiger partial charge in [-0.3, -0.25) is 0 Å². The highest BCUT2D eigenvalue weighted by Gasteiger charge is 2.53. The number of halogens is 6. The molecule has 0 radical (unpaired) electrons. The van der Waals surface area contributed by atoms with Crippen molar-refractivity contribution in [3.05, 3.63) is 60.4 Å². The number of hydrogen-bond donors (Lipinski definition) is 2. The number of aliphatic imine (C=N–C) groups is 1. The number of nitrogens with two attached hydrogens (primary N) is 1. The Bertz CT molecular complexity index is 1160. The van der Waals surface area contributed by atoms with E-state index in [0.717, 1.165) is 12.1 Å². The van der Waals surface area contributed by atoms with Gasteiger partial charge in [0.05, 0.1) is 5.69 Å². The van der Waals surface area contributed by atoms with Crippen molar-refractivity contribution in [2.24, 2.45) is 10.7 Å². The molecule has 2 aromatic carbocycles. The molecule has 3 aromatic rings. The summed E-state index contributed by atoms with van der Waals surface area (Å²) in [6.45, 7) is 1.69. The van der Waals surface area contributed by atoms with Gasteiger partial charge < -0.3 is 15.6 Å². The minimum atomic E-state index is -4.99. The summed E-state index contributed by atoms with van der Waals surface area (Å²) in [5.74, 6) is -0.618. The first-order valence-corrected chi connectivity index (χ1v) is 10.3. The maximum Gasteiger partial charge on any atom is 0.573 e. The maximum absolute atomic E-state index is 13.3. The molecule has 0 aliphatic carbocycles. The van der Waals surface area contributed by atoms with Crippen LogP contribution in [0.3, 0.4) is 0 Å². The standard InChI is InChI=1S/C22H21F6N5O2/c1-2-3-12-20(34,21(23,24)25)31-18(29)14-4-6-15(7-5-14)19-30-13-33(32-19)16-8-10-17(11-9-16)35-22(26,27)28/h4-11,13,34H,2-3,12H2,1H3,(H2,29,31). The molecular weight excluding hydrogens is 480 g/mol. The lowest BCUT2D eigenvalue weighted by molar-refractivity contribution is -0.274. The normalized spacial score (nSPS) is 14.6. The molecule has 0 aliphatic heterocycles. The highest BCUT2D eigenvalue weighted by atomic mass is 19.4. The van der Waals surface area contributed by atoms with Crippen molar-refractivity contribution in [2.75, 3.05) is 0 Å². The molecular formula is C22H21F6N5O2. The van der Waals surface area contributed by atoms with Crippen LogP contribution < -0.4 is 10.5 Å². The van der Waals surface area contributed by atoms with Gasteiger partial charge >= 0.3 is 12.5 Å². The minimum Gasteiger partial charge on any atom is -0.406 e. The summed E-state index contributed by atoms with van der Waals surface area (Å²) >= 11 is 0. The quantitative estimate of drug-likeness (QED) is 0.258. The number of aliphatic hydroxyl groups is 1. The lowest BCUT2D eigenvalue weighted by atomic mass is 10.1. The average Bonchev–Trinajstić information content (AvgIpc) is 3.27. The van der Waals surface area contributed by atoms with E-state index in [4.69, 9.17) is 5.73 Å². The first-order valence-electron chi connectivity index (χ1n) is 10.3. The molecule has 0 spiro atoms. The first kappa shape index (κ1) is 26.0. The van der Waals surface area contributed by atoms with Crippen molar-refractivity contribution < 1.29 is 36.2 Å². The Morgan fingerprint density at radius 3 is 2.20 bits per heavy atom. The molecule has 1 unspecified atom stereocenters. The van der Waals surface area contributed by atoms with Gasteiger partial charge in [0.1, 0.15) is 17.9 Å². The Labute approximate surface area is 195 Å². The number of ether oxygens (including phenoxy) is 1. The molecule has 1 atom stereocenters. The fraction of sp³-hybridized carbons (Fsp3) is 0.318. The van der Waals surface area contributed by atoms with E-state index in [9.17, 15) is 31.4 Å². The Morgan fingerprint density at radius 2 is 1.66 bits per heavy atom. The molecule has 35 heavy (non-hydrogen) atoms. The number of unbranched alkanes of at least 4 members (excludes halogenated alkanes) is 1. The predicted octanol–water partition coefficient (Wildman–Crippen LogP) is 4.98. The van der Waals surface area contributed by atoms with Crippen molar-refractivity contribution in [2.45, 2.75) is 44.4 Å². The number of benzene rings is 2. The molecule has 0 saturated heterocycles. The molecule has 3 N–H and O–H groups in total. The fourth-order valence-electron chi connectivity index (χ4n) is 3.06. The van der Waals surface area contributed by atoms with Gasteiger partial charge in [-0.05, 0) is 30.7 Å². The van der Waals surface area contributed by atoms with E-state index in [2.05, 4.69) is 19.8 Å². The summed E-state index contributed by atoms with van der Waals surface area (Å²) in [7, 11) is 0. The van der Waals surface area contributed by atoms with E-state index in [-0.39, 0.29) is 23.6 Å². The van der Waals surface area contributed by atoms with Crippen LogP contribution in [0.2, 0.25) is 0 Å². The van der Waals surface area contributed by atoms with Crippen LogP contribution in [0.4, 0.5) is 26.3 Å². The van der Waals surface area contributed by atoms with Crippen LogP contribution in [-0.2, 0) is 0 Å². The topological polar surface area (TPSA) is 98.6 Å². The average molecular weight is 501 g/mol. The Kier molecular flexibility index (Phi) is 7.38. The smallest absolute Gasteiger partial charge is 0.406 e. The molecule has 13 heteroatoms. The number of nitrogens with zero attached hydrogens (tertiary/aromatic N) is 4. The summed E-state index contributed by atoms with van der Waals surface area (Å²) in [6.07, 6.45) is -8.51. The summed E-state index contributed by atoms with van der Waals surface area (Å²) in [4.78, 5) is 7.51. The summed E-state index contributed by atoms with van der Waals surface area (Å²) in [6, 6.07) is 10.8. The van der Waals surface area contributed by atoms with Gasteiger partial charge in [-0.25, -0.2) is 14.7 Å². The van der Waals surface area contributed by atoms with E-state index in [0.29, 0.717) is 17.7 Å². The van der Waals surface area contributed by atoms with Gasteiger partial charge in [-0.1, -0.05) is 37.6 Å². The number of aromatic nitrogens is 3. The summed E-state index contributed by atoms with van der Waals surface area (Å²) in [5.41, 5.74) is 3.53. The predicted molar refractivity (Wildman–Crippen MR) is 115 cm³/mol. The minimum absolute atomic E-state index is 0.109. The van der Waals surface area contributed by atoms with Gasteiger partial charge in [-0.2, -0.15) is 13.2 Å². The fourth-order valence-corrected chi connectivity index (χ4v) is 3.06. The van der Waals surface area contributed by atoms with Crippen LogP contribution in [0.5, 0.6) is 5.75 Å². The zero-order valence-electron chi connectivity index (χ0n) is 18.3. The second-order valence-electron chi connectivity index (χ2n) is 7.55. The van der Waals surface area contributed by atoms with Crippen molar-refractivity contribution >= 4 is 5.84 Å². The lowest BCUT2D eigenvalue weighted by Gasteiger charge is -2.27. The number of rotatable bonds is 8. The van der Waals surface area contributed by atoms with Gasteiger partial charge in [0.15, 0.2) is 5.82 Å². The van der Waals surface area contributed by atoms with Crippen molar-refractivity contribution in [3.8, 4) is 22.8 Å². The van der Waals surface area contributed by atoms with E-state index >= 15 is 0 Å². The third-order valence-corrected chi connectivity index (χ3v) is 4.90. The number of hydrogen-bond acceptors (Lipinski definition) is 5. The van der Waals surface area contributed by atoms with Gasteiger partial charge in [0, 0.05) is 17.5 Å². The number of alkyl halides is 6. The van der Waals surface area contributed by atoms with Crippen LogP contribution in [0, 0.1) is 0 Å². The van der Waals surface area contributed by atoms with Gasteiger partial charge in [-0.15, -0.1) is 18.3 Å². The molecule has 3 rings (SSSR count). The van der Waals surface area contributed by atoms with Crippen LogP contribution in [0.1, 0.15) is 31.7 Å². The van der Waals surface area contributed by atoms with E-state index in [1.54, 1.807) is 6.92 Å². The highest BCUT2D eigenvalue weighted by Crippen LogP contribution is 2.36. The molecule has 0 fully saturated rings. The van der Waals surface area contributed by atoms with Gasteiger partial charge in [0.25, 0.3) is 5.72 Å². The molecule has 1 heterocycles. The Balaban J connectivity index is 1.78. The molecule has 0 amide bonds. The Morgan fingerprint density at radius 1 is 1.03 bits per heavy atom. The van der Waals surface area contributed by atoms with E-state index in [1.165, 1.54) is 47.4 Å². The maximum atomic E-state index is 13.3. The summed E-state index contributed by atoms with van der Waals surface area (Å²) in [5, 5.41) is 14.3.